The molecule has 0 saturated carbocycles. The Morgan fingerprint density at radius 1 is 0.671 bits per heavy atom. The van der Waals surface area contributed by atoms with Gasteiger partial charge in [0.15, 0.2) is 11.6 Å². The molecule has 4 N–H and O–H groups in total. The van der Waals surface area contributed by atoms with Crippen molar-refractivity contribution in [1.29, 1.82) is 0 Å². The van der Waals surface area contributed by atoms with Gasteiger partial charge in [0.1, 0.15) is 34.7 Å². The Morgan fingerprint density at radius 3 is 1.51 bits per heavy atom. The topological polar surface area (TPSA) is 249 Å². The van der Waals surface area contributed by atoms with Gasteiger partial charge in [0.25, 0.3) is 20.0 Å². The molecule has 6 aromatic heterocycles. The normalized spacial score (nSPS) is 11.8. The van der Waals surface area contributed by atoms with Gasteiger partial charge < -0.3 is 0 Å². The van der Waals surface area contributed by atoms with Gasteiger partial charge in [-0.1, -0.05) is 46.4 Å². The van der Waals surface area contributed by atoms with Gasteiger partial charge in [0.2, 0.25) is 0 Å². The van der Waals surface area contributed by atoms with Crippen molar-refractivity contribution in [3.8, 4) is 34.7 Å². The molecule has 0 fully saturated rings. The Labute approximate surface area is 425 Å². The molecule has 70 heavy (non-hydrogen) atoms. The number of aromatic nitrogens is 12. The van der Waals surface area contributed by atoms with E-state index >= 15 is 0 Å². The first-order chi connectivity index (χ1) is 32.8. The first-order valence-electron chi connectivity index (χ1n) is 18.5. The number of benzene rings is 2. The van der Waals surface area contributed by atoms with Crippen LogP contribution in [0.2, 0.25) is 20.1 Å². The van der Waals surface area contributed by atoms with E-state index in [1.807, 2.05) is 0 Å². The molecular weight excluding hydrogens is 1150 g/mol. The number of aryl methyl sites for hydroxylation is 2. The van der Waals surface area contributed by atoms with Crippen molar-refractivity contribution >= 4 is 114 Å². The Hall–Kier alpha value is -5.63. The number of pyridine rings is 2. The van der Waals surface area contributed by atoms with Crippen LogP contribution in [0.4, 0.5) is 37.7 Å². The van der Waals surface area contributed by atoms with Crippen LogP contribution in [0.15, 0.2) is 97.9 Å². The second-order valence-corrected chi connectivity index (χ2v) is 19.7. The van der Waals surface area contributed by atoms with Crippen LogP contribution in [0.25, 0.3) is 34.7 Å². The summed E-state index contributed by atoms with van der Waals surface area (Å²) in [5.41, 5.74) is -2.80. The molecule has 1 radical (unpaired) electrons. The molecule has 0 aliphatic heterocycles. The molecule has 0 saturated heterocycles. The van der Waals surface area contributed by atoms with Crippen molar-refractivity contribution in [1.82, 2.24) is 59.9 Å². The van der Waals surface area contributed by atoms with Gasteiger partial charge >= 0.3 is 37.1 Å². The van der Waals surface area contributed by atoms with Gasteiger partial charge in [-0.15, -0.1) is 20.4 Å². The summed E-state index contributed by atoms with van der Waals surface area (Å²) in [6, 6.07) is 8.63. The molecule has 2 aromatic carbocycles. The molecule has 0 bridgehead atoms. The monoisotopic (exact) mass is 1170 g/mol. The average molecular weight is 1170 g/mol. The quantitative estimate of drug-likeness (QED) is 0.0488. The van der Waals surface area contributed by atoms with Crippen molar-refractivity contribution in [3.05, 3.63) is 127 Å². The van der Waals surface area contributed by atoms with E-state index in [-0.39, 0.29) is 44.5 Å². The number of hydrogen-bond acceptors (Lipinski definition) is 14. The summed E-state index contributed by atoms with van der Waals surface area (Å²) in [5.74, 6) is 2.02. The number of thiol groups is 1. The molecule has 0 unspecified atom stereocenters. The van der Waals surface area contributed by atoms with Crippen LogP contribution in [-0.4, -0.2) is 84.4 Å². The molecule has 0 aliphatic rings. The van der Waals surface area contributed by atoms with Crippen LogP contribution in [0.1, 0.15) is 22.8 Å². The van der Waals surface area contributed by atoms with Crippen LogP contribution >= 0.6 is 75.1 Å². The molecule has 34 heteroatoms. The van der Waals surface area contributed by atoms with Crippen molar-refractivity contribution in [3.63, 3.8) is 0 Å². The predicted octanol–water partition coefficient (Wildman–Crippen LogP) is 9.92. The SMILES string of the molecule is Cc1nnc(-c2ncc(Cl)cc2NS(=O)(=O)c2ccc(Cl)c(C(F)(F)F)c2)n1-c1[nH]ncc1Br.Cc1nnc(-c2ncc(Cl)cc2NS(=O)(=O)c2ccc(Cl)c(C(F)(F)F)c2)n1-c1ccn[nH]1.[B]=NS. The minimum absolute atomic E-state index is 0.0140. The maximum absolute atomic E-state index is 13.2. The van der Waals surface area contributed by atoms with Crippen molar-refractivity contribution in [2.45, 2.75) is 36.0 Å². The van der Waals surface area contributed by atoms with Crippen molar-refractivity contribution in [2.24, 2.45) is 4.30 Å². The standard InChI is InChI=1S/C18H11BrCl2F3N7O2S.C18H12Cl2F3N7O2S.BHNS/c1-8-27-29-17(31(8)16-12(19)7-26-28-16)15-14(4-9(20)6-25-15)30-34(32,33)10-2-3-13(21)11(5-10)18(22,23)24;1-9-26-28-17(30(9)15-4-5-25-27-15)16-14(6-10(19)8-24-16)29-33(31,32)11-2-3-13(20)12(7-11)18(21,22)23;1-2-3/h2-7,30H,1H3,(H,26,28);2-8,29H,1H3,(H,25,27);3H. The molecule has 0 aliphatic carbocycles. The number of aromatic amines is 2. The maximum atomic E-state index is 13.2. The summed E-state index contributed by atoms with van der Waals surface area (Å²) in [6.07, 6.45) is -4.18. The molecule has 0 amide bonds. The van der Waals surface area contributed by atoms with Gasteiger partial charge in [0.05, 0.1) is 69.2 Å². The van der Waals surface area contributed by atoms with E-state index in [1.165, 1.54) is 46.1 Å². The number of alkyl halides is 6. The number of nitrogens with one attached hydrogen (secondary N) is 4. The van der Waals surface area contributed by atoms with E-state index in [0.717, 1.165) is 24.3 Å². The summed E-state index contributed by atoms with van der Waals surface area (Å²) < 4.78 is 142. The summed E-state index contributed by atoms with van der Waals surface area (Å²) in [7, 11) is -4.69. The van der Waals surface area contributed by atoms with Crippen LogP contribution < -0.4 is 9.44 Å². The molecule has 8 aromatic rings. The number of hydrogen-bond donors (Lipinski definition) is 5. The Bertz CT molecular complexity index is 3460. The van der Waals surface area contributed by atoms with Gasteiger partial charge in [-0.2, -0.15) is 36.5 Å². The molecule has 0 atom stereocenters. The molecule has 365 valence electrons. The summed E-state index contributed by atoms with van der Waals surface area (Å²) in [4.78, 5) is 7.02. The second-order valence-electron chi connectivity index (χ2n) is 13.5. The Kier molecular flexibility index (Phi) is 16.4. The minimum atomic E-state index is -4.85. The number of sulfonamides is 2. The van der Waals surface area contributed by atoms with E-state index < -0.39 is 63.4 Å². The summed E-state index contributed by atoms with van der Waals surface area (Å²) in [5, 5.41) is 28.3. The molecule has 8 rings (SSSR count). The van der Waals surface area contributed by atoms with Crippen LogP contribution in [0.3, 0.4) is 0 Å². The molecule has 19 nitrogen and oxygen atoms in total. The van der Waals surface area contributed by atoms with Gasteiger partial charge in [-0.05, 0) is 78.3 Å². The van der Waals surface area contributed by atoms with E-state index in [1.54, 1.807) is 19.9 Å². The fraction of sp³-hybridized carbons (Fsp3) is 0.111. The first kappa shape index (κ1) is 53.7. The zero-order valence-electron chi connectivity index (χ0n) is 34.6. The number of rotatable bonds is 10. The first-order valence-corrected chi connectivity index (χ1v) is 24.1. The van der Waals surface area contributed by atoms with Gasteiger partial charge in [-0.3, -0.25) is 28.8 Å². The van der Waals surface area contributed by atoms with E-state index in [2.05, 4.69) is 101 Å². The summed E-state index contributed by atoms with van der Waals surface area (Å²) >= 11 is 29.8. The fourth-order valence-electron chi connectivity index (χ4n) is 5.96. The van der Waals surface area contributed by atoms with Crippen LogP contribution in [-0.2, 0) is 32.4 Å². The van der Waals surface area contributed by atoms with Crippen LogP contribution in [0.5, 0.6) is 0 Å². The zero-order valence-corrected chi connectivity index (χ0v) is 41.7. The predicted molar refractivity (Wildman–Crippen MR) is 252 cm³/mol. The molecular formula is C36H24BBrCl4F6N15O4S3. The summed E-state index contributed by atoms with van der Waals surface area (Å²) in [6.45, 7) is 3.30. The number of H-pyrrole nitrogens is 2. The fourth-order valence-corrected chi connectivity index (χ4v) is 9.26. The van der Waals surface area contributed by atoms with E-state index in [0.29, 0.717) is 39.9 Å². The third kappa shape index (κ3) is 12.1. The number of halogens is 11. The number of anilines is 2. The van der Waals surface area contributed by atoms with Crippen molar-refractivity contribution < 1.29 is 43.2 Å². The van der Waals surface area contributed by atoms with E-state index in [4.69, 9.17) is 46.4 Å². The molecule has 6 heterocycles. The average Bonchev–Trinajstić information content (AvgIpc) is 4.09. The van der Waals surface area contributed by atoms with E-state index in [9.17, 15) is 43.2 Å². The third-order valence-corrected chi connectivity index (χ3v) is 13.3. The zero-order chi connectivity index (χ0) is 51.5. The Balaban J connectivity index is 0.000000218. The van der Waals surface area contributed by atoms with Gasteiger partial charge in [-0.25, -0.2) is 26.8 Å². The van der Waals surface area contributed by atoms with Crippen LogP contribution in [0, 0.1) is 13.8 Å². The number of nitrogens with zero attached hydrogens (tertiary/aromatic N) is 11. The molecule has 0 spiro atoms. The van der Waals surface area contributed by atoms with Gasteiger partial charge in [0, 0.05) is 18.5 Å². The van der Waals surface area contributed by atoms with Crippen molar-refractivity contribution in [2.75, 3.05) is 9.44 Å². The Morgan fingerprint density at radius 2 is 1.11 bits per heavy atom. The third-order valence-electron chi connectivity index (χ3n) is 8.90. The second kappa shape index (κ2) is 21.4.